The van der Waals surface area contributed by atoms with Crippen LogP contribution in [0.5, 0.6) is 0 Å². The van der Waals surface area contributed by atoms with E-state index in [4.69, 9.17) is 4.74 Å². The van der Waals surface area contributed by atoms with Crippen LogP contribution in [0.1, 0.15) is 35.0 Å². The Kier molecular flexibility index (Phi) is 4.14. The lowest BCUT2D eigenvalue weighted by atomic mass is 9.87. The van der Waals surface area contributed by atoms with Crippen molar-refractivity contribution in [1.82, 2.24) is 15.2 Å². The summed E-state index contributed by atoms with van der Waals surface area (Å²) >= 11 is 0. The summed E-state index contributed by atoms with van der Waals surface area (Å²) in [6.45, 7) is 2.52. The molecule has 1 fully saturated rings. The Morgan fingerprint density at radius 3 is 2.96 bits per heavy atom. The first-order valence-corrected chi connectivity index (χ1v) is 8.91. The van der Waals surface area contributed by atoms with Gasteiger partial charge in [-0.1, -0.05) is 6.92 Å². The molecule has 0 unspecified atom stereocenters. The van der Waals surface area contributed by atoms with Crippen molar-refractivity contribution in [2.75, 3.05) is 19.7 Å². The molecule has 1 aromatic carbocycles. The molecule has 1 aromatic heterocycles. The van der Waals surface area contributed by atoms with Crippen LogP contribution in [-0.4, -0.2) is 47.5 Å². The molecule has 4 rings (SSSR count). The number of hydrogen-bond acceptors (Lipinski definition) is 4. The van der Waals surface area contributed by atoms with Crippen LogP contribution < -0.4 is 5.32 Å². The minimum atomic E-state index is -0.557. The SMILES string of the molecule is C[C@@H]1CCc2[nH]c3ccc(C(=O)OCC(=O)N4CCNC4=O)cc3c2C1. The van der Waals surface area contributed by atoms with Crippen molar-refractivity contribution in [2.45, 2.75) is 26.2 Å². The van der Waals surface area contributed by atoms with Crippen LogP contribution in [0, 0.1) is 5.92 Å². The van der Waals surface area contributed by atoms with Gasteiger partial charge in [-0.2, -0.15) is 0 Å². The maximum absolute atomic E-state index is 12.3. The average molecular weight is 355 g/mol. The summed E-state index contributed by atoms with van der Waals surface area (Å²) in [6, 6.07) is 4.96. The topological polar surface area (TPSA) is 91.5 Å². The summed E-state index contributed by atoms with van der Waals surface area (Å²) in [5, 5.41) is 3.59. The second kappa shape index (κ2) is 6.48. The maximum atomic E-state index is 12.3. The highest BCUT2D eigenvalue weighted by atomic mass is 16.5. The first kappa shape index (κ1) is 16.6. The smallest absolute Gasteiger partial charge is 0.338 e. The number of carbonyl (C=O) groups excluding carboxylic acids is 3. The molecular weight excluding hydrogens is 334 g/mol. The summed E-state index contributed by atoms with van der Waals surface area (Å²) < 4.78 is 5.12. The van der Waals surface area contributed by atoms with Crippen LogP contribution in [0.2, 0.25) is 0 Å². The van der Waals surface area contributed by atoms with E-state index < -0.39 is 24.5 Å². The number of urea groups is 1. The number of esters is 1. The van der Waals surface area contributed by atoms with E-state index in [0.29, 0.717) is 24.6 Å². The van der Waals surface area contributed by atoms with Gasteiger partial charge in [0.15, 0.2) is 6.61 Å². The van der Waals surface area contributed by atoms with Crippen molar-refractivity contribution >= 4 is 28.8 Å². The first-order valence-electron chi connectivity index (χ1n) is 8.91. The van der Waals surface area contributed by atoms with Gasteiger partial charge in [0.05, 0.1) is 5.56 Å². The van der Waals surface area contributed by atoms with E-state index in [1.165, 1.54) is 17.7 Å². The van der Waals surface area contributed by atoms with Crippen LogP contribution in [0.15, 0.2) is 18.2 Å². The monoisotopic (exact) mass is 355 g/mol. The second-order valence-electron chi connectivity index (χ2n) is 7.04. The molecule has 1 saturated heterocycles. The molecule has 0 spiro atoms. The first-order chi connectivity index (χ1) is 12.5. The van der Waals surface area contributed by atoms with Crippen LogP contribution in [0.4, 0.5) is 4.79 Å². The zero-order valence-electron chi connectivity index (χ0n) is 14.6. The van der Waals surface area contributed by atoms with Gasteiger partial charge in [-0.15, -0.1) is 0 Å². The quantitative estimate of drug-likeness (QED) is 0.824. The Balaban J connectivity index is 1.49. The summed E-state index contributed by atoms with van der Waals surface area (Å²) in [6.07, 6.45) is 3.19. The molecule has 0 saturated carbocycles. The predicted octanol–water partition coefficient (Wildman–Crippen LogP) is 2.00. The number of aromatic amines is 1. The van der Waals surface area contributed by atoms with E-state index in [9.17, 15) is 14.4 Å². The molecule has 1 aliphatic heterocycles. The molecule has 3 amide bonds. The zero-order chi connectivity index (χ0) is 18.3. The molecular formula is C19H21N3O4. The molecule has 0 radical (unpaired) electrons. The number of aromatic nitrogens is 1. The minimum absolute atomic E-state index is 0.300. The predicted molar refractivity (Wildman–Crippen MR) is 94.9 cm³/mol. The summed E-state index contributed by atoms with van der Waals surface area (Å²) in [5.74, 6) is -0.442. The lowest BCUT2D eigenvalue weighted by molar-refractivity contribution is -0.130. The molecule has 0 bridgehead atoms. The molecule has 7 nitrogen and oxygen atoms in total. The summed E-state index contributed by atoms with van der Waals surface area (Å²) in [4.78, 5) is 40.3. The number of hydrogen-bond donors (Lipinski definition) is 2. The Morgan fingerprint density at radius 1 is 1.35 bits per heavy atom. The highest BCUT2D eigenvalue weighted by molar-refractivity contribution is 5.99. The third kappa shape index (κ3) is 2.94. The van der Waals surface area contributed by atoms with Gasteiger partial charge in [0, 0.05) is 29.7 Å². The number of H-pyrrole nitrogens is 1. The number of fused-ring (bicyclic) bond motifs is 3. The number of nitrogens with zero attached hydrogens (tertiary/aromatic N) is 1. The Labute approximate surface area is 150 Å². The fourth-order valence-electron chi connectivity index (χ4n) is 3.72. The van der Waals surface area contributed by atoms with Gasteiger partial charge >= 0.3 is 12.0 Å². The molecule has 2 aliphatic rings. The normalized spacial score (nSPS) is 19.3. The van der Waals surface area contributed by atoms with Crippen molar-refractivity contribution in [3.63, 3.8) is 0 Å². The summed E-state index contributed by atoms with van der Waals surface area (Å²) in [5.41, 5.74) is 3.96. The molecule has 7 heteroatoms. The third-order valence-electron chi connectivity index (χ3n) is 5.15. The van der Waals surface area contributed by atoms with Crippen LogP contribution >= 0.6 is 0 Å². The number of rotatable bonds is 3. The molecule has 2 heterocycles. The lowest BCUT2D eigenvalue weighted by Gasteiger charge is -2.18. The second-order valence-corrected chi connectivity index (χ2v) is 7.04. The largest absolute Gasteiger partial charge is 0.452 e. The standard InChI is InChI=1S/C19H21N3O4/c1-11-2-4-15-13(8-11)14-9-12(3-5-16(14)21-15)18(24)26-10-17(23)22-7-6-20-19(22)25/h3,5,9,11,21H,2,4,6-8,10H2,1H3,(H,20,25)/t11-/m1/s1. The highest BCUT2D eigenvalue weighted by Crippen LogP contribution is 2.32. The Bertz CT molecular complexity index is 902. The van der Waals surface area contributed by atoms with Gasteiger partial charge in [-0.3, -0.25) is 9.69 Å². The van der Waals surface area contributed by atoms with E-state index in [2.05, 4.69) is 17.2 Å². The maximum Gasteiger partial charge on any atom is 0.338 e. The van der Waals surface area contributed by atoms with Crippen LogP contribution in [0.25, 0.3) is 10.9 Å². The van der Waals surface area contributed by atoms with Crippen molar-refractivity contribution in [3.05, 3.63) is 35.0 Å². The van der Waals surface area contributed by atoms with Crippen LogP contribution in [0.3, 0.4) is 0 Å². The minimum Gasteiger partial charge on any atom is -0.452 e. The molecule has 136 valence electrons. The Hall–Kier alpha value is -2.83. The van der Waals surface area contributed by atoms with E-state index in [1.807, 2.05) is 12.1 Å². The molecule has 26 heavy (non-hydrogen) atoms. The van der Waals surface area contributed by atoms with Crippen molar-refractivity contribution in [1.29, 1.82) is 0 Å². The van der Waals surface area contributed by atoms with Crippen molar-refractivity contribution in [2.24, 2.45) is 5.92 Å². The average Bonchev–Trinajstić information content (AvgIpc) is 3.22. The van der Waals surface area contributed by atoms with Gasteiger partial charge in [-0.05, 0) is 48.9 Å². The fraction of sp³-hybridized carbons (Fsp3) is 0.421. The van der Waals surface area contributed by atoms with Gasteiger partial charge in [0.1, 0.15) is 0 Å². The number of aryl methyl sites for hydroxylation is 1. The number of amides is 3. The number of carbonyl (C=O) groups is 3. The number of nitrogens with one attached hydrogen (secondary N) is 2. The molecule has 1 atom stereocenters. The van der Waals surface area contributed by atoms with E-state index >= 15 is 0 Å². The molecule has 1 aliphatic carbocycles. The van der Waals surface area contributed by atoms with E-state index in [1.54, 1.807) is 6.07 Å². The van der Waals surface area contributed by atoms with E-state index in [0.717, 1.165) is 28.6 Å². The summed E-state index contributed by atoms with van der Waals surface area (Å²) in [7, 11) is 0. The van der Waals surface area contributed by atoms with Gasteiger partial charge in [-0.25, -0.2) is 9.59 Å². The van der Waals surface area contributed by atoms with Gasteiger partial charge in [0.25, 0.3) is 5.91 Å². The number of ether oxygens (including phenoxy) is 1. The molecule has 2 aromatic rings. The highest BCUT2D eigenvalue weighted by Gasteiger charge is 2.27. The fourth-order valence-corrected chi connectivity index (χ4v) is 3.72. The molecule has 2 N–H and O–H groups in total. The van der Waals surface area contributed by atoms with Crippen molar-refractivity contribution < 1.29 is 19.1 Å². The van der Waals surface area contributed by atoms with Crippen LogP contribution in [-0.2, 0) is 22.4 Å². The number of imide groups is 1. The Morgan fingerprint density at radius 2 is 2.19 bits per heavy atom. The number of benzene rings is 1. The van der Waals surface area contributed by atoms with Gasteiger partial charge in [0.2, 0.25) is 0 Å². The van der Waals surface area contributed by atoms with E-state index in [-0.39, 0.29) is 0 Å². The van der Waals surface area contributed by atoms with Gasteiger partial charge < -0.3 is 15.0 Å². The zero-order valence-corrected chi connectivity index (χ0v) is 14.6. The lowest BCUT2D eigenvalue weighted by Crippen LogP contribution is -2.37. The third-order valence-corrected chi connectivity index (χ3v) is 5.15. The van der Waals surface area contributed by atoms with Crippen molar-refractivity contribution in [3.8, 4) is 0 Å².